The molecule has 0 atom stereocenters. The predicted octanol–water partition coefficient (Wildman–Crippen LogP) is 1.44. The molecule has 1 aromatic rings. The highest BCUT2D eigenvalue weighted by molar-refractivity contribution is 5.14. The van der Waals surface area contributed by atoms with Crippen LogP contribution >= 0.6 is 0 Å². The van der Waals surface area contributed by atoms with Crippen LogP contribution in [0.3, 0.4) is 0 Å². The number of nitrogens with zero attached hydrogens (tertiary/aromatic N) is 1. The van der Waals surface area contributed by atoms with Crippen molar-refractivity contribution in [2.75, 3.05) is 0 Å². The number of aryl methyl sites for hydroxylation is 1. The van der Waals surface area contributed by atoms with Crippen molar-refractivity contribution in [2.45, 2.75) is 12.8 Å². The van der Waals surface area contributed by atoms with Gasteiger partial charge in [0.15, 0.2) is 0 Å². The first kappa shape index (κ1) is 4.19. The van der Waals surface area contributed by atoms with E-state index in [1.165, 1.54) is 18.5 Å². The fourth-order valence-corrected chi connectivity index (χ4v) is 1.17. The molecule has 0 fully saturated rings. The van der Waals surface area contributed by atoms with Gasteiger partial charge in [-0.05, 0) is 25.0 Å². The molecule has 0 saturated heterocycles. The van der Waals surface area contributed by atoms with Crippen LogP contribution in [0.2, 0.25) is 0 Å². The van der Waals surface area contributed by atoms with Crippen LogP contribution in [-0.2, 0) is 6.42 Å². The van der Waals surface area contributed by atoms with Gasteiger partial charge in [-0.2, -0.15) is 0 Å². The lowest BCUT2D eigenvalue weighted by Crippen LogP contribution is -1.83. The average molecular weight is 106 g/mol. The summed E-state index contributed by atoms with van der Waals surface area (Å²) in [6.45, 7) is 2.22. The van der Waals surface area contributed by atoms with Crippen LogP contribution in [-0.4, -0.2) is 4.57 Å². The lowest BCUT2D eigenvalue weighted by molar-refractivity contribution is 0.972. The summed E-state index contributed by atoms with van der Waals surface area (Å²) in [5, 5.41) is 0. The van der Waals surface area contributed by atoms with E-state index in [-0.39, 0.29) is 0 Å². The zero-order valence-electron chi connectivity index (χ0n) is 4.67. The zero-order valence-corrected chi connectivity index (χ0v) is 4.67. The lowest BCUT2D eigenvalue weighted by Gasteiger charge is -1.89. The molecule has 1 aliphatic heterocycles. The van der Waals surface area contributed by atoms with Gasteiger partial charge in [0.25, 0.3) is 0 Å². The maximum absolute atomic E-state index is 2.22. The first-order chi connectivity index (χ1) is 3.97. The van der Waals surface area contributed by atoms with Gasteiger partial charge >= 0.3 is 0 Å². The molecular formula is C7H8N. The van der Waals surface area contributed by atoms with Crippen molar-refractivity contribution in [3.63, 3.8) is 0 Å². The summed E-state index contributed by atoms with van der Waals surface area (Å²) in [6, 6.07) is 4.26. The first-order valence-corrected chi connectivity index (χ1v) is 2.96. The topological polar surface area (TPSA) is 4.93 Å². The molecule has 1 radical (unpaired) electrons. The summed E-state index contributed by atoms with van der Waals surface area (Å²) >= 11 is 0. The van der Waals surface area contributed by atoms with E-state index in [9.17, 15) is 0 Å². The molecule has 1 heteroatoms. The number of fused-ring (bicyclic) bond motifs is 1. The molecule has 0 saturated carbocycles. The van der Waals surface area contributed by atoms with Gasteiger partial charge in [-0.1, -0.05) is 0 Å². The minimum atomic E-state index is 1.22. The third kappa shape index (κ3) is 0.414. The number of hydrogen-bond donors (Lipinski definition) is 0. The molecule has 0 spiro atoms. The molecule has 0 aliphatic carbocycles. The Balaban J connectivity index is 2.54. The summed E-state index contributed by atoms with van der Waals surface area (Å²) in [6.07, 6.45) is 4.55. The Hall–Kier alpha value is -0.720. The van der Waals surface area contributed by atoms with Crippen molar-refractivity contribution >= 4 is 0 Å². The van der Waals surface area contributed by atoms with Crippen molar-refractivity contribution in [2.24, 2.45) is 0 Å². The maximum atomic E-state index is 2.22. The van der Waals surface area contributed by atoms with E-state index in [1.54, 1.807) is 0 Å². The molecule has 2 heterocycles. The maximum Gasteiger partial charge on any atom is 0.0544 e. The summed E-state index contributed by atoms with van der Waals surface area (Å²) in [7, 11) is 0. The van der Waals surface area contributed by atoms with E-state index >= 15 is 0 Å². The summed E-state index contributed by atoms with van der Waals surface area (Å²) in [5.41, 5.74) is 1.45. The van der Waals surface area contributed by atoms with Gasteiger partial charge in [0.05, 0.1) is 6.54 Å². The smallest absolute Gasteiger partial charge is 0.0544 e. The first-order valence-electron chi connectivity index (χ1n) is 2.96. The van der Waals surface area contributed by atoms with Gasteiger partial charge in [0.2, 0.25) is 0 Å². The summed E-state index contributed by atoms with van der Waals surface area (Å²) in [5.74, 6) is 0. The Morgan fingerprint density at radius 1 is 1.50 bits per heavy atom. The van der Waals surface area contributed by atoms with Gasteiger partial charge in [-0.25, -0.2) is 0 Å². The molecular weight excluding hydrogens is 98.1 g/mol. The van der Waals surface area contributed by atoms with Crippen LogP contribution in [0.25, 0.3) is 0 Å². The Morgan fingerprint density at radius 2 is 2.50 bits per heavy atom. The predicted molar refractivity (Wildman–Crippen MR) is 32.5 cm³/mol. The average Bonchev–Trinajstić information content (AvgIpc) is 2.15. The van der Waals surface area contributed by atoms with E-state index in [0.717, 1.165) is 0 Å². The van der Waals surface area contributed by atoms with Crippen LogP contribution < -0.4 is 0 Å². The molecule has 1 aliphatic rings. The third-order valence-electron chi connectivity index (χ3n) is 1.59. The van der Waals surface area contributed by atoms with Crippen LogP contribution in [0, 0.1) is 6.54 Å². The highest BCUT2D eigenvalue weighted by Crippen LogP contribution is 2.15. The molecule has 0 unspecified atom stereocenters. The third-order valence-corrected chi connectivity index (χ3v) is 1.59. The van der Waals surface area contributed by atoms with E-state index < -0.39 is 0 Å². The van der Waals surface area contributed by atoms with Crippen molar-refractivity contribution in [3.05, 3.63) is 30.6 Å². The molecule has 0 aromatic carbocycles. The second-order valence-corrected chi connectivity index (χ2v) is 2.13. The largest absolute Gasteiger partial charge is 0.346 e. The molecule has 0 bridgehead atoms. The highest BCUT2D eigenvalue weighted by Gasteiger charge is 2.06. The lowest BCUT2D eigenvalue weighted by atomic mass is 10.3. The summed E-state index contributed by atoms with van der Waals surface area (Å²) in [4.78, 5) is 0. The van der Waals surface area contributed by atoms with Crippen LogP contribution in [0.5, 0.6) is 0 Å². The minimum absolute atomic E-state index is 1.22. The second-order valence-electron chi connectivity index (χ2n) is 2.13. The van der Waals surface area contributed by atoms with Crippen LogP contribution in [0.1, 0.15) is 12.1 Å². The Kier molecular flexibility index (Phi) is 0.720. The van der Waals surface area contributed by atoms with Crippen LogP contribution in [0.4, 0.5) is 0 Å². The van der Waals surface area contributed by atoms with Gasteiger partial charge in [0, 0.05) is 11.9 Å². The second kappa shape index (κ2) is 1.38. The van der Waals surface area contributed by atoms with Crippen LogP contribution in [0.15, 0.2) is 18.3 Å². The molecule has 41 valence electrons. The number of aromatic nitrogens is 1. The molecule has 0 N–H and O–H groups in total. The Labute approximate surface area is 48.9 Å². The van der Waals surface area contributed by atoms with Gasteiger partial charge in [0.1, 0.15) is 0 Å². The molecule has 0 amide bonds. The minimum Gasteiger partial charge on any atom is -0.346 e. The van der Waals surface area contributed by atoms with Gasteiger partial charge in [-0.15, -0.1) is 0 Å². The van der Waals surface area contributed by atoms with Crippen molar-refractivity contribution in [1.82, 2.24) is 4.57 Å². The monoisotopic (exact) mass is 106 g/mol. The number of hydrogen-bond acceptors (Lipinski definition) is 0. The quantitative estimate of drug-likeness (QED) is 0.471. The molecule has 1 aromatic heterocycles. The standard InChI is InChI=1S/C7H8N/c1-3-7-4-2-6-8(7)5-1/h1,3,5-6H,2,4H2. The number of rotatable bonds is 0. The normalized spacial score (nSPS) is 16.5. The molecule has 8 heavy (non-hydrogen) atoms. The fraction of sp³-hybridized carbons (Fsp3) is 0.286. The zero-order chi connectivity index (χ0) is 5.40. The Morgan fingerprint density at radius 3 is 3.38 bits per heavy atom. The van der Waals surface area contributed by atoms with Gasteiger partial charge < -0.3 is 4.57 Å². The van der Waals surface area contributed by atoms with E-state index in [4.69, 9.17) is 0 Å². The Bertz CT molecular complexity index is 170. The van der Waals surface area contributed by atoms with Crippen molar-refractivity contribution in [3.8, 4) is 0 Å². The highest BCUT2D eigenvalue weighted by atomic mass is 15.0. The van der Waals surface area contributed by atoms with Gasteiger partial charge in [-0.3, -0.25) is 0 Å². The van der Waals surface area contributed by atoms with Crippen molar-refractivity contribution in [1.29, 1.82) is 0 Å². The molecule has 2 rings (SSSR count). The SMILES string of the molecule is [CH]1CCc2cccn21. The summed E-state index contributed by atoms with van der Waals surface area (Å²) < 4.78 is 2.19. The van der Waals surface area contributed by atoms with E-state index in [1.807, 2.05) is 0 Å². The van der Waals surface area contributed by atoms with Crippen molar-refractivity contribution < 1.29 is 0 Å². The molecule has 1 nitrogen and oxygen atoms in total. The van der Waals surface area contributed by atoms with E-state index in [0.29, 0.717) is 0 Å². The van der Waals surface area contributed by atoms with E-state index in [2.05, 4.69) is 29.4 Å². The fourth-order valence-electron chi connectivity index (χ4n) is 1.17.